The minimum atomic E-state index is 0.207. The van der Waals surface area contributed by atoms with E-state index in [-0.39, 0.29) is 5.78 Å². The predicted molar refractivity (Wildman–Crippen MR) is 74.6 cm³/mol. The smallest absolute Gasteiger partial charge is 0.131 e. The third kappa shape index (κ3) is 4.67. The molecule has 1 aromatic carbocycles. The molecule has 0 spiro atoms. The summed E-state index contributed by atoms with van der Waals surface area (Å²) < 4.78 is 5.34. The maximum Gasteiger partial charge on any atom is 0.131 e. The second-order valence-corrected chi connectivity index (χ2v) is 4.77. The third-order valence-corrected chi connectivity index (χ3v) is 3.19. The minimum absolute atomic E-state index is 0.207. The topological polar surface area (TPSA) is 38.3 Å². The molecule has 0 radical (unpaired) electrons. The fraction of sp³-hybridized carbons (Fsp3) is 0.500. The zero-order valence-electron chi connectivity index (χ0n) is 11.2. The van der Waals surface area contributed by atoms with Gasteiger partial charge in [-0.25, -0.2) is 0 Å². The van der Waals surface area contributed by atoms with E-state index in [1.165, 1.54) is 0 Å². The Balaban J connectivity index is 2.51. The summed E-state index contributed by atoms with van der Waals surface area (Å²) in [7, 11) is 1.66. The maximum atomic E-state index is 10.8. The van der Waals surface area contributed by atoms with Gasteiger partial charge in [-0.15, -0.1) is 0 Å². The van der Waals surface area contributed by atoms with Gasteiger partial charge in [0.25, 0.3) is 0 Å². The van der Waals surface area contributed by atoms with Crippen LogP contribution in [0.2, 0.25) is 5.02 Å². The normalized spacial score (nSPS) is 10.4. The number of benzene rings is 1. The molecule has 1 aromatic rings. The van der Waals surface area contributed by atoms with Crippen molar-refractivity contribution in [3.8, 4) is 5.75 Å². The van der Waals surface area contributed by atoms with Crippen LogP contribution >= 0.6 is 11.6 Å². The van der Waals surface area contributed by atoms with Gasteiger partial charge >= 0.3 is 0 Å². The average Bonchev–Trinajstić information content (AvgIpc) is 2.32. The average molecular weight is 270 g/mol. The molecule has 0 atom stereocenters. The minimum Gasteiger partial charge on any atom is -0.496 e. The van der Waals surface area contributed by atoms with Crippen LogP contribution in [-0.4, -0.2) is 26.0 Å². The number of rotatable bonds is 7. The van der Waals surface area contributed by atoms with Gasteiger partial charge in [0.2, 0.25) is 0 Å². The van der Waals surface area contributed by atoms with Gasteiger partial charge in [-0.3, -0.25) is 4.79 Å². The van der Waals surface area contributed by atoms with Gasteiger partial charge in [0.15, 0.2) is 0 Å². The molecule has 100 valence electrons. The predicted octanol–water partition coefficient (Wildman–Crippen LogP) is 2.77. The first-order valence-electron chi connectivity index (χ1n) is 6.07. The number of halogens is 1. The summed E-state index contributed by atoms with van der Waals surface area (Å²) >= 11 is 6.10. The largest absolute Gasteiger partial charge is 0.496 e. The summed E-state index contributed by atoms with van der Waals surface area (Å²) in [6, 6.07) is 3.90. The highest BCUT2D eigenvalue weighted by molar-refractivity contribution is 6.31. The van der Waals surface area contributed by atoms with Crippen LogP contribution in [0.25, 0.3) is 0 Å². The molecule has 3 nitrogen and oxygen atoms in total. The van der Waals surface area contributed by atoms with Gasteiger partial charge in [0.05, 0.1) is 7.11 Å². The van der Waals surface area contributed by atoms with Gasteiger partial charge in [-0.05, 0) is 50.1 Å². The molecule has 18 heavy (non-hydrogen) atoms. The lowest BCUT2D eigenvalue weighted by Gasteiger charge is -2.11. The van der Waals surface area contributed by atoms with E-state index in [1.807, 2.05) is 19.1 Å². The van der Waals surface area contributed by atoms with Crippen molar-refractivity contribution in [3.05, 3.63) is 28.3 Å². The van der Waals surface area contributed by atoms with Crippen molar-refractivity contribution < 1.29 is 9.53 Å². The van der Waals surface area contributed by atoms with Crippen LogP contribution in [0.4, 0.5) is 0 Å². The van der Waals surface area contributed by atoms with Crippen LogP contribution in [0, 0.1) is 6.92 Å². The Hall–Kier alpha value is -1.06. The second-order valence-electron chi connectivity index (χ2n) is 4.37. The first-order chi connectivity index (χ1) is 8.54. The standard InChI is InChI=1S/C14H20ClNO2/c1-10-8-14(18-3)12(9-13(10)15)5-7-16-6-4-11(2)17/h8-9,16H,4-7H2,1-3H3. The van der Waals surface area contributed by atoms with Crippen molar-refractivity contribution in [2.24, 2.45) is 0 Å². The quantitative estimate of drug-likeness (QED) is 0.774. The van der Waals surface area contributed by atoms with Crippen LogP contribution in [0.1, 0.15) is 24.5 Å². The highest BCUT2D eigenvalue weighted by Crippen LogP contribution is 2.26. The Morgan fingerprint density at radius 3 is 2.72 bits per heavy atom. The fourth-order valence-electron chi connectivity index (χ4n) is 1.69. The zero-order chi connectivity index (χ0) is 13.5. The molecule has 1 rings (SSSR count). The molecule has 0 unspecified atom stereocenters. The van der Waals surface area contributed by atoms with Crippen LogP contribution in [0.3, 0.4) is 0 Å². The van der Waals surface area contributed by atoms with Crippen molar-refractivity contribution in [2.75, 3.05) is 20.2 Å². The summed E-state index contributed by atoms with van der Waals surface area (Å²) in [4.78, 5) is 10.8. The van der Waals surface area contributed by atoms with Gasteiger partial charge in [-0.2, -0.15) is 0 Å². The van der Waals surface area contributed by atoms with Crippen LogP contribution in [0.15, 0.2) is 12.1 Å². The summed E-state index contributed by atoms with van der Waals surface area (Å²) in [6.45, 7) is 5.09. The van der Waals surface area contributed by atoms with Crippen LogP contribution in [-0.2, 0) is 11.2 Å². The molecule has 0 aliphatic heterocycles. The molecular formula is C14H20ClNO2. The molecule has 0 aliphatic rings. The van der Waals surface area contributed by atoms with Crippen LogP contribution in [0.5, 0.6) is 5.75 Å². The summed E-state index contributed by atoms with van der Waals surface area (Å²) in [5, 5.41) is 3.99. The number of aryl methyl sites for hydroxylation is 1. The van der Waals surface area contributed by atoms with Crippen molar-refractivity contribution >= 4 is 17.4 Å². The molecular weight excluding hydrogens is 250 g/mol. The molecule has 0 aromatic heterocycles. The molecule has 0 heterocycles. The van der Waals surface area contributed by atoms with Crippen molar-refractivity contribution in [2.45, 2.75) is 26.7 Å². The Morgan fingerprint density at radius 2 is 2.11 bits per heavy atom. The number of hydrogen-bond acceptors (Lipinski definition) is 3. The number of methoxy groups -OCH3 is 1. The number of ketones is 1. The van der Waals surface area contributed by atoms with Crippen LogP contribution < -0.4 is 10.1 Å². The van der Waals surface area contributed by atoms with E-state index in [4.69, 9.17) is 16.3 Å². The molecule has 0 aliphatic carbocycles. The first-order valence-corrected chi connectivity index (χ1v) is 6.45. The van der Waals surface area contributed by atoms with E-state index in [1.54, 1.807) is 14.0 Å². The number of nitrogens with one attached hydrogen (secondary N) is 1. The van der Waals surface area contributed by atoms with Crippen molar-refractivity contribution in [3.63, 3.8) is 0 Å². The Kier molecular flexibility index (Phi) is 6.16. The van der Waals surface area contributed by atoms with E-state index in [2.05, 4.69) is 5.32 Å². The second kappa shape index (κ2) is 7.39. The van der Waals surface area contributed by atoms with E-state index in [0.29, 0.717) is 6.42 Å². The van der Waals surface area contributed by atoms with Crippen molar-refractivity contribution in [1.29, 1.82) is 0 Å². The van der Waals surface area contributed by atoms with Gasteiger partial charge in [0, 0.05) is 18.0 Å². The fourth-order valence-corrected chi connectivity index (χ4v) is 1.88. The number of Topliss-reactive ketones (excluding diaryl/α,β-unsaturated/α-hetero) is 1. The SMILES string of the molecule is COc1cc(C)c(Cl)cc1CCNCCC(C)=O. The molecule has 0 fully saturated rings. The summed E-state index contributed by atoms with van der Waals surface area (Å²) in [6.07, 6.45) is 1.41. The first kappa shape index (κ1) is 15.0. The van der Waals surface area contributed by atoms with Crippen molar-refractivity contribution in [1.82, 2.24) is 5.32 Å². The lowest BCUT2D eigenvalue weighted by Crippen LogP contribution is -2.20. The monoisotopic (exact) mass is 269 g/mol. The number of carbonyl (C=O) groups is 1. The summed E-state index contributed by atoms with van der Waals surface area (Å²) in [5.41, 5.74) is 2.10. The number of hydrogen-bond donors (Lipinski definition) is 1. The Labute approximate surface area is 113 Å². The molecule has 0 saturated carbocycles. The molecule has 0 amide bonds. The lowest BCUT2D eigenvalue weighted by molar-refractivity contribution is -0.116. The number of ether oxygens (including phenoxy) is 1. The van der Waals surface area contributed by atoms with E-state index in [0.717, 1.165) is 41.4 Å². The maximum absolute atomic E-state index is 10.8. The van der Waals surface area contributed by atoms with Gasteiger partial charge < -0.3 is 10.1 Å². The van der Waals surface area contributed by atoms with E-state index >= 15 is 0 Å². The molecule has 0 saturated heterocycles. The van der Waals surface area contributed by atoms with E-state index < -0.39 is 0 Å². The zero-order valence-corrected chi connectivity index (χ0v) is 11.9. The molecule has 4 heteroatoms. The highest BCUT2D eigenvalue weighted by atomic mass is 35.5. The highest BCUT2D eigenvalue weighted by Gasteiger charge is 2.06. The summed E-state index contributed by atoms with van der Waals surface area (Å²) in [5.74, 6) is 1.07. The van der Waals surface area contributed by atoms with Gasteiger partial charge in [0.1, 0.15) is 11.5 Å². The number of carbonyl (C=O) groups excluding carboxylic acids is 1. The van der Waals surface area contributed by atoms with E-state index in [9.17, 15) is 4.79 Å². The molecule has 0 bridgehead atoms. The Morgan fingerprint density at radius 1 is 1.39 bits per heavy atom. The van der Waals surface area contributed by atoms with Gasteiger partial charge in [-0.1, -0.05) is 11.6 Å². The lowest BCUT2D eigenvalue weighted by atomic mass is 10.1. The Bertz CT molecular complexity index is 419. The third-order valence-electron chi connectivity index (χ3n) is 2.79. The molecule has 1 N–H and O–H groups in total.